The molecular formula is C11H18N2O2. The minimum atomic E-state index is -0.720. The summed E-state index contributed by atoms with van der Waals surface area (Å²) in [5.74, 6) is 0.741. The van der Waals surface area contributed by atoms with Crippen LogP contribution in [-0.2, 0) is 14.9 Å². The maximum absolute atomic E-state index is 11.5. The molecule has 0 bridgehead atoms. The number of aromatic nitrogens is 2. The lowest BCUT2D eigenvalue weighted by Crippen LogP contribution is -2.31. The van der Waals surface area contributed by atoms with Crippen molar-refractivity contribution < 1.29 is 9.53 Å². The van der Waals surface area contributed by atoms with E-state index in [2.05, 4.69) is 23.8 Å². The topological polar surface area (TPSA) is 55.0 Å². The molecule has 0 aromatic carbocycles. The highest BCUT2D eigenvalue weighted by molar-refractivity contribution is 5.80. The number of hydrogen-bond acceptors (Lipinski definition) is 3. The Balaban J connectivity index is 3.00. The van der Waals surface area contributed by atoms with Crippen molar-refractivity contribution in [2.75, 3.05) is 7.11 Å². The number of hydrogen-bond donors (Lipinski definition) is 1. The number of nitrogens with zero attached hydrogens (tertiary/aromatic N) is 1. The monoisotopic (exact) mass is 210 g/mol. The summed E-state index contributed by atoms with van der Waals surface area (Å²) in [5, 5.41) is 0. The SMILES string of the molecule is COC(=O)C(C)(C)c1ncc(C(C)C)[nH]1. The highest BCUT2D eigenvalue weighted by atomic mass is 16.5. The largest absolute Gasteiger partial charge is 0.468 e. The number of methoxy groups -OCH3 is 1. The summed E-state index contributed by atoms with van der Waals surface area (Å²) < 4.78 is 4.74. The molecule has 0 atom stereocenters. The molecule has 0 radical (unpaired) electrons. The van der Waals surface area contributed by atoms with Crippen molar-refractivity contribution >= 4 is 5.97 Å². The molecule has 1 rings (SSSR count). The molecule has 0 saturated heterocycles. The Morgan fingerprint density at radius 3 is 2.53 bits per heavy atom. The van der Waals surface area contributed by atoms with Gasteiger partial charge < -0.3 is 9.72 Å². The highest BCUT2D eigenvalue weighted by Crippen LogP contribution is 2.23. The van der Waals surface area contributed by atoms with Crippen molar-refractivity contribution in [3.8, 4) is 0 Å². The van der Waals surface area contributed by atoms with Gasteiger partial charge in [0.1, 0.15) is 11.2 Å². The molecule has 0 spiro atoms. The molecule has 15 heavy (non-hydrogen) atoms. The molecule has 0 aliphatic carbocycles. The number of rotatable bonds is 3. The minimum Gasteiger partial charge on any atom is -0.468 e. The summed E-state index contributed by atoms with van der Waals surface area (Å²) in [5.41, 5.74) is 0.309. The zero-order valence-corrected chi connectivity index (χ0v) is 9.92. The number of ether oxygens (including phenoxy) is 1. The van der Waals surface area contributed by atoms with Gasteiger partial charge in [-0.3, -0.25) is 4.79 Å². The number of esters is 1. The summed E-state index contributed by atoms with van der Waals surface area (Å²) >= 11 is 0. The molecule has 0 aliphatic rings. The van der Waals surface area contributed by atoms with Crippen molar-refractivity contribution in [1.29, 1.82) is 0 Å². The van der Waals surface area contributed by atoms with Crippen LogP contribution in [0.2, 0.25) is 0 Å². The molecule has 0 fully saturated rings. The first-order valence-electron chi connectivity index (χ1n) is 5.03. The maximum Gasteiger partial charge on any atom is 0.318 e. The second-order valence-electron chi connectivity index (χ2n) is 4.46. The van der Waals surface area contributed by atoms with Gasteiger partial charge in [0, 0.05) is 11.9 Å². The molecule has 1 aromatic rings. The fourth-order valence-corrected chi connectivity index (χ4v) is 1.30. The van der Waals surface area contributed by atoms with Gasteiger partial charge >= 0.3 is 5.97 Å². The van der Waals surface area contributed by atoms with Gasteiger partial charge in [0.2, 0.25) is 0 Å². The van der Waals surface area contributed by atoms with Gasteiger partial charge in [-0.1, -0.05) is 13.8 Å². The van der Waals surface area contributed by atoms with Crippen LogP contribution in [0.25, 0.3) is 0 Å². The molecular weight excluding hydrogens is 192 g/mol. The summed E-state index contributed by atoms with van der Waals surface area (Å²) in [6.45, 7) is 7.73. The number of carbonyl (C=O) groups is 1. The smallest absolute Gasteiger partial charge is 0.318 e. The van der Waals surface area contributed by atoms with E-state index < -0.39 is 5.41 Å². The minimum absolute atomic E-state index is 0.285. The van der Waals surface area contributed by atoms with E-state index in [0.717, 1.165) is 5.69 Å². The maximum atomic E-state index is 11.5. The predicted octanol–water partition coefficient (Wildman–Crippen LogP) is 1.98. The number of aromatic amines is 1. The van der Waals surface area contributed by atoms with Gasteiger partial charge in [-0.15, -0.1) is 0 Å². The zero-order valence-electron chi connectivity index (χ0n) is 9.92. The fourth-order valence-electron chi connectivity index (χ4n) is 1.30. The third-order valence-electron chi connectivity index (χ3n) is 2.51. The number of nitrogens with one attached hydrogen (secondary N) is 1. The molecule has 0 unspecified atom stereocenters. The lowest BCUT2D eigenvalue weighted by molar-refractivity contribution is -0.146. The Kier molecular flexibility index (Phi) is 3.17. The van der Waals surface area contributed by atoms with Gasteiger partial charge in [0.25, 0.3) is 0 Å². The van der Waals surface area contributed by atoms with Crippen molar-refractivity contribution in [3.63, 3.8) is 0 Å². The predicted molar refractivity (Wildman–Crippen MR) is 57.7 cm³/mol. The van der Waals surface area contributed by atoms with Crippen LogP contribution in [0.15, 0.2) is 6.20 Å². The van der Waals surface area contributed by atoms with Crippen molar-refractivity contribution in [2.24, 2.45) is 0 Å². The Bertz CT molecular complexity index is 353. The Labute approximate surface area is 90.1 Å². The zero-order chi connectivity index (χ0) is 11.6. The molecule has 1 heterocycles. The van der Waals surface area contributed by atoms with Crippen molar-refractivity contribution in [2.45, 2.75) is 39.0 Å². The summed E-state index contributed by atoms with van der Waals surface area (Å²) in [6, 6.07) is 0. The van der Waals surface area contributed by atoms with E-state index in [1.54, 1.807) is 20.0 Å². The molecule has 84 valence electrons. The van der Waals surface area contributed by atoms with Crippen LogP contribution in [0.5, 0.6) is 0 Å². The van der Waals surface area contributed by atoms with Crippen LogP contribution in [-0.4, -0.2) is 23.0 Å². The molecule has 0 aliphatic heterocycles. The van der Waals surface area contributed by atoms with Gasteiger partial charge in [0.05, 0.1) is 7.11 Å². The lowest BCUT2D eigenvalue weighted by Gasteiger charge is -2.18. The Hall–Kier alpha value is -1.32. The van der Waals surface area contributed by atoms with E-state index >= 15 is 0 Å². The number of carbonyl (C=O) groups excluding carboxylic acids is 1. The first-order chi connectivity index (χ1) is 6.89. The lowest BCUT2D eigenvalue weighted by atomic mass is 9.93. The second kappa shape index (κ2) is 4.04. The molecule has 0 saturated carbocycles. The molecule has 4 nitrogen and oxygen atoms in total. The van der Waals surface area contributed by atoms with E-state index in [-0.39, 0.29) is 5.97 Å². The van der Waals surface area contributed by atoms with E-state index in [1.165, 1.54) is 7.11 Å². The average Bonchev–Trinajstić information content (AvgIpc) is 2.65. The first-order valence-corrected chi connectivity index (χ1v) is 5.03. The summed E-state index contributed by atoms with van der Waals surface area (Å²) in [7, 11) is 1.39. The van der Waals surface area contributed by atoms with Crippen molar-refractivity contribution in [1.82, 2.24) is 9.97 Å². The van der Waals surface area contributed by atoms with Gasteiger partial charge in [-0.05, 0) is 19.8 Å². The average molecular weight is 210 g/mol. The van der Waals surface area contributed by atoms with Gasteiger partial charge in [-0.2, -0.15) is 0 Å². The Morgan fingerprint density at radius 1 is 1.53 bits per heavy atom. The fraction of sp³-hybridized carbons (Fsp3) is 0.636. The van der Waals surface area contributed by atoms with Crippen LogP contribution in [0, 0.1) is 0 Å². The van der Waals surface area contributed by atoms with E-state index in [1.807, 2.05) is 0 Å². The third kappa shape index (κ3) is 2.19. The van der Waals surface area contributed by atoms with Gasteiger partial charge in [0.15, 0.2) is 0 Å². The van der Waals surface area contributed by atoms with E-state index in [0.29, 0.717) is 11.7 Å². The van der Waals surface area contributed by atoms with Crippen LogP contribution in [0.1, 0.15) is 45.1 Å². The first kappa shape index (κ1) is 11.8. The van der Waals surface area contributed by atoms with Crippen LogP contribution >= 0.6 is 0 Å². The van der Waals surface area contributed by atoms with Crippen LogP contribution in [0.3, 0.4) is 0 Å². The quantitative estimate of drug-likeness (QED) is 0.776. The molecule has 1 N–H and O–H groups in total. The Morgan fingerprint density at radius 2 is 2.13 bits per heavy atom. The van der Waals surface area contributed by atoms with Gasteiger partial charge in [-0.25, -0.2) is 4.98 Å². The standard InChI is InChI=1S/C11H18N2O2/c1-7(2)8-6-12-9(13-8)11(3,4)10(14)15-5/h6-7H,1-5H3,(H,12,13). The number of H-pyrrole nitrogens is 1. The van der Waals surface area contributed by atoms with E-state index in [9.17, 15) is 4.79 Å². The molecule has 4 heteroatoms. The second-order valence-corrected chi connectivity index (χ2v) is 4.46. The van der Waals surface area contributed by atoms with Crippen molar-refractivity contribution in [3.05, 3.63) is 17.7 Å². The number of imidazole rings is 1. The van der Waals surface area contributed by atoms with Crippen LogP contribution < -0.4 is 0 Å². The summed E-state index contributed by atoms with van der Waals surface area (Å²) in [4.78, 5) is 18.9. The van der Waals surface area contributed by atoms with E-state index in [4.69, 9.17) is 4.74 Å². The normalized spacial score (nSPS) is 11.9. The molecule has 1 aromatic heterocycles. The molecule has 0 amide bonds. The van der Waals surface area contributed by atoms with Crippen LogP contribution in [0.4, 0.5) is 0 Å². The highest BCUT2D eigenvalue weighted by Gasteiger charge is 2.34. The summed E-state index contributed by atoms with van der Waals surface area (Å²) in [6.07, 6.45) is 1.77. The third-order valence-corrected chi connectivity index (χ3v) is 2.51.